The third kappa shape index (κ3) is 5.84. The number of aliphatic imine (C=N–C) groups is 1. The standard InChI is InChI=1S/C22H19F3N4O4S/c23-18-8-13(9-19(24)21(18)25)17(11-20(30)31)12-3-1-5-15(7-12)29-34(32,33)16-6-2-4-14(10-16)28-22(26)27/h1-10,17,29H,11H2,(H,30,31)(H4,26,27,28). The van der Waals surface area contributed by atoms with Gasteiger partial charge in [-0.1, -0.05) is 18.2 Å². The summed E-state index contributed by atoms with van der Waals surface area (Å²) in [6.45, 7) is 0. The van der Waals surface area contributed by atoms with Crippen LogP contribution in [0.3, 0.4) is 0 Å². The zero-order valence-electron chi connectivity index (χ0n) is 17.4. The van der Waals surface area contributed by atoms with Crippen LogP contribution in [-0.4, -0.2) is 25.5 Å². The molecule has 0 radical (unpaired) electrons. The van der Waals surface area contributed by atoms with Gasteiger partial charge in [-0.25, -0.2) is 26.6 Å². The number of anilines is 1. The molecule has 8 nitrogen and oxygen atoms in total. The fraction of sp³-hybridized carbons (Fsp3) is 0.0909. The minimum atomic E-state index is -4.11. The molecule has 0 heterocycles. The predicted octanol–water partition coefficient (Wildman–Crippen LogP) is 3.42. The van der Waals surface area contributed by atoms with Crippen LogP contribution in [-0.2, 0) is 14.8 Å². The van der Waals surface area contributed by atoms with E-state index in [0.717, 1.165) is 0 Å². The highest BCUT2D eigenvalue weighted by atomic mass is 32.2. The predicted molar refractivity (Wildman–Crippen MR) is 120 cm³/mol. The maximum atomic E-state index is 13.8. The lowest BCUT2D eigenvalue weighted by atomic mass is 9.88. The van der Waals surface area contributed by atoms with Crippen molar-refractivity contribution in [1.82, 2.24) is 0 Å². The normalized spacial score (nSPS) is 12.1. The van der Waals surface area contributed by atoms with Crippen molar-refractivity contribution in [3.05, 3.63) is 89.2 Å². The molecule has 0 aliphatic carbocycles. The largest absolute Gasteiger partial charge is 0.481 e. The average molecular weight is 492 g/mol. The summed E-state index contributed by atoms with van der Waals surface area (Å²) in [6.07, 6.45) is -0.582. The number of nitrogens with zero attached hydrogens (tertiary/aromatic N) is 1. The third-order valence-corrected chi connectivity index (χ3v) is 6.09. The number of nitrogens with two attached hydrogens (primary N) is 2. The zero-order chi connectivity index (χ0) is 25.0. The number of carboxylic acids is 1. The minimum Gasteiger partial charge on any atom is -0.481 e. The first-order valence-corrected chi connectivity index (χ1v) is 11.1. The molecule has 178 valence electrons. The second-order valence-corrected chi connectivity index (χ2v) is 8.90. The van der Waals surface area contributed by atoms with Gasteiger partial charge in [-0.05, 0) is 53.6 Å². The number of rotatable bonds is 8. The van der Waals surface area contributed by atoms with Gasteiger partial charge in [0.05, 0.1) is 17.0 Å². The summed E-state index contributed by atoms with van der Waals surface area (Å²) in [6, 6.07) is 12.5. The minimum absolute atomic E-state index is 0.0585. The molecule has 6 N–H and O–H groups in total. The summed E-state index contributed by atoms with van der Waals surface area (Å²) < 4.78 is 69.0. The topological polar surface area (TPSA) is 148 Å². The Morgan fingerprint density at radius 1 is 0.971 bits per heavy atom. The van der Waals surface area contributed by atoms with E-state index in [-0.39, 0.29) is 33.4 Å². The monoisotopic (exact) mass is 492 g/mol. The van der Waals surface area contributed by atoms with Crippen LogP contribution < -0.4 is 16.2 Å². The molecule has 0 aliphatic rings. The number of carboxylic acid groups (broad SMARTS) is 1. The highest BCUT2D eigenvalue weighted by Gasteiger charge is 2.23. The number of halogens is 3. The number of benzene rings is 3. The molecule has 0 aliphatic heterocycles. The summed E-state index contributed by atoms with van der Waals surface area (Å²) in [5.74, 6) is -7.24. The van der Waals surface area contributed by atoms with E-state index in [1.807, 2.05) is 0 Å². The van der Waals surface area contributed by atoms with E-state index >= 15 is 0 Å². The molecule has 0 aromatic heterocycles. The Hall–Kier alpha value is -4.06. The summed E-state index contributed by atoms with van der Waals surface area (Å²) in [5.41, 5.74) is 11.0. The molecule has 1 atom stereocenters. The highest BCUT2D eigenvalue weighted by Crippen LogP contribution is 2.32. The number of carbonyl (C=O) groups is 1. The molecule has 0 fully saturated rings. The van der Waals surface area contributed by atoms with Crippen LogP contribution in [0.4, 0.5) is 24.5 Å². The number of aliphatic carboxylic acids is 1. The molecule has 0 bridgehead atoms. The Bertz CT molecular complexity index is 1350. The maximum Gasteiger partial charge on any atom is 0.304 e. The van der Waals surface area contributed by atoms with Gasteiger partial charge in [0.25, 0.3) is 10.0 Å². The molecule has 3 rings (SSSR count). The number of nitrogens with one attached hydrogen (secondary N) is 1. The van der Waals surface area contributed by atoms with E-state index in [4.69, 9.17) is 11.5 Å². The SMILES string of the molecule is NC(N)=Nc1cccc(S(=O)(=O)Nc2cccc(C(CC(=O)O)c3cc(F)c(F)c(F)c3)c2)c1. The van der Waals surface area contributed by atoms with E-state index < -0.39 is 45.8 Å². The van der Waals surface area contributed by atoms with Gasteiger partial charge >= 0.3 is 5.97 Å². The van der Waals surface area contributed by atoms with E-state index in [1.165, 1.54) is 48.5 Å². The fourth-order valence-corrected chi connectivity index (χ4v) is 4.37. The lowest BCUT2D eigenvalue weighted by Gasteiger charge is -2.18. The molecule has 0 saturated carbocycles. The quantitative estimate of drug-likeness (QED) is 0.215. The number of sulfonamides is 1. The van der Waals surface area contributed by atoms with Crippen LogP contribution in [0.25, 0.3) is 0 Å². The third-order valence-electron chi connectivity index (χ3n) is 4.71. The van der Waals surface area contributed by atoms with Gasteiger partial charge in [-0.15, -0.1) is 0 Å². The van der Waals surface area contributed by atoms with E-state index in [1.54, 1.807) is 0 Å². The smallest absolute Gasteiger partial charge is 0.304 e. The van der Waals surface area contributed by atoms with Crippen molar-refractivity contribution < 1.29 is 31.5 Å². The van der Waals surface area contributed by atoms with Crippen LogP contribution in [0.2, 0.25) is 0 Å². The highest BCUT2D eigenvalue weighted by molar-refractivity contribution is 7.92. The van der Waals surface area contributed by atoms with E-state index in [2.05, 4.69) is 9.71 Å². The van der Waals surface area contributed by atoms with Crippen molar-refractivity contribution in [1.29, 1.82) is 0 Å². The number of hydrogen-bond donors (Lipinski definition) is 4. The Balaban J connectivity index is 1.98. The first kappa shape index (κ1) is 24.6. The van der Waals surface area contributed by atoms with Crippen molar-refractivity contribution in [2.75, 3.05) is 4.72 Å². The molecule has 3 aromatic carbocycles. The van der Waals surface area contributed by atoms with E-state index in [9.17, 15) is 31.5 Å². The van der Waals surface area contributed by atoms with Gasteiger partial charge in [0, 0.05) is 11.6 Å². The summed E-state index contributed by atoms with van der Waals surface area (Å²) in [4.78, 5) is 15.0. The average Bonchev–Trinajstić information content (AvgIpc) is 2.75. The van der Waals surface area contributed by atoms with Crippen LogP contribution >= 0.6 is 0 Å². The summed E-state index contributed by atoms with van der Waals surface area (Å²) in [5, 5.41) is 9.29. The molecule has 0 saturated heterocycles. The molecule has 3 aromatic rings. The first-order chi connectivity index (χ1) is 16.0. The second kappa shape index (κ2) is 9.83. The van der Waals surface area contributed by atoms with Gasteiger partial charge in [0.1, 0.15) is 0 Å². The van der Waals surface area contributed by atoms with Crippen molar-refractivity contribution in [2.45, 2.75) is 17.2 Å². The van der Waals surface area contributed by atoms with Crippen LogP contribution in [0.1, 0.15) is 23.5 Å². The van der Waals surface area contributed by atoms with E-state index in [0.29, 0.717) is 12.1 Å². The number of guanidine groups is 1. The molecule has 12 heteroatoms. The summed E-state index contributed by atoms with van der Waals surface area (Å²) >= 11 is 0. The van der Waals surface area contributed by atoms with Gasteiger partial charge < -0.3 is 16.6 Å². The second-order valence-electron chi connectivity index (χ2n) is 7.21. The molecule has 0 amide bonds. The first-order valence-electron chi connectivity index (χ1n) is 9.65. The Kier molecular flexibility index (Phi) is 7.11. The molecule has 0 spiro atoms. The Morgan fingerprint density at radius 3 is 2.24 bits per heavy atom. The van der Waals surface area contributed by atoms with Crippen LogP contribution in [0, 0.1) is 17.5 Å². The Morgan fingerprint density at radius 2 is 1.62 bits per heavy atom. The molecule has 34 heavy (non-hydrogen) atoms. The maximum absolute atomic E-state index is 13.8. The van der Waals surface area contributed by atoms with Crippen molar-refractivity contribution in [3.63, 3.8) is 0 Å². The van der Waals surface area contributed by atoms with Gasteiger partial charge in [0.2, 0.25) is 0 Å². The molecular weight excluding hydrogens is 473 g/mol. The summed E-state index contributed by atoms with van der Waals surface area (Å²) in [7, 11) is -4.11. The fourth-order valence-electron chi connectivity index (χ4n) is 3.28. The lowest BCUT2D eigenvalue weighted by molar-refractivity contribution is -0.137. The molecule has 1 unspecified atom stereocenters. The van der Waals surface area contributed by atoms with Crippen molar-refractivity contribution >= 4 is 33.3 Å². The molecular formula is C22H19F3N4O4S. The number of hydrogen-bond acceptors (Lipinski definition) is 4. The zero-order valence-corrected chi connectivity index (χ0v) is 18.2. The van der Waals surface area contributed by atoms with Crippen molar-refractivity contribution in [2.24, 2.45) is 16.5 Å². The van der Waals surface area contributed by atoms with Crippen molar-refractivity contribution in [3.8, 4) is 0 Å². The van der Waals surface area contributed by atoms with Crippen LogP contribution in [0.5, 0.6) is 0 Å². The van der Waals surface area contributed by atoms with Gasteiger partial charge in [-0.3, -0.25) is 9.52 Å². The Labute approximate surface area is 192 Å². The van der Waals surface area contributed by atoms with Crippen LogP contribution in [0.15, 0.2) is 70.6 Å². The lowest BCUT2D eigenvalue weighted by Crippen LogP contribution is -2.22. The van der Waals surface area contributed by atoms with Gasteiger partial charge in [0.15, 0.2) is 23.4 Å². The van der Waals surface area contributed by atoms with Gasteiger partial charge in [-0.2, -0.15) is 0 Å².